The molecule has 2 aromatic rings. The zero-order chi connectivity index (χ0) is 21.6. The summed E-state index contributed by atoms with van der Waals surface area (Å²) in [5, 5.41) is 3.03. The molecule has 0 saturated heterocycles. The summed E-state index contributed by atoms with van der Waals surface area (Å²) in [5.74, 6) is -0.0207. The third-order valence-electron chi connectivity index (χ3n) is 5.40. The monoisotopic (exact) mass is 396 g/mol. The first kappa shape index (κ1) is 22.6. The van der Waals surface area contributed by atoms with E-state index in [1.807, 2.05) is 76.9 Å². The standard InChI is InChI=1S/C24H33N3O2/c1-7-27(15-21-11-9-8-10-12-21)24(29)20(5)26(6)16-22(28)25-23-18(3)13-17(2)14-19(23)4/h8-14,20H,7,15-16H2,1-6H3,(H,25,28)/p+1/t20-/m0/s1. The molecule has 2 amide bonds. The molecule has 2 N–H and O–H groups in total. The van der Waals surface area contributed by atoms with Crippen molar-refractivity contribution < 1.29 is 14.5 Å². The fourth-order valence-electron chi connectivity index (χ4n) is 3.60. The molecule has 1 unspecified atom stereocenters. The minimum Gasteiger partial charge on any atom is -0.334 e. The molecule has 0 saturated carbocycles. The molecule has 2 rings (SSSR count). The first-order valence-corrected chi connectivity index (χ1v) is 10.3. The van der Waals surface area contributed by atoms with Crippen molar-refractivity contribution >= 4 is 17.5 Å². The summed E-state index contributed by atoms with van der Waals surface area (Å²) < 4.78 is 0. The van der Waals surface area contributed by atoms with Crippen LogP contribution in [0.4, 0.5) is 5.69 Å². The lowest BCUT2D eigenvalue weighted by atomic mass is 10.1. The summed E-state index contributed by atoms with van der Waals surface area (Å²) in [6, 6.07) is 13.8. The first-order valence-electron chi connectivity index (χ1n) is 10.3. The Hall–Kier alpha value is -2.66. The van der Waals surface area contributed by atoms with E-state index >= 15 is 0 Å². The molecule has 0 bridgehead atoms. The van der Waals surface area contributed by atoms with E-state index in [0.717, 1.165) is 27.3 Å². The highest BCUT2D eigenvalue weighted by atomic mass is 16.2. The van der Waals surface area contributed by atoms with Gasteiger partial charge in [0, 0.05) is 18.8 Å². The number of anilines is 1. The number of likely N-dealkylation sites (N-methyl/N-ethyl adjacent to an activating group) is 2. The van der Waals surface area contributed by atoms with E-state index in [9.17, 15) is 9.59 Å². The maximum absolute atomic E-state index is 13.0. The van der Waals surface area contributed by atoms with Crippen molar-refractivity contribution in [3.63, 3.8) is 0 Å². The number of rotatable bonds is 8. The smallest absolute Gasteiger partial charge is 0.280 e. The summed E-state index contributed by atoms with van der Waals surface area (Å²) in [7, 11) is 1.90. The average molecular weight is 397 g/mol. The van der Waals surface area contributed by atoms with Crippen molar-refractivity contribution in [2.24, 2.45) is 0 Å². The number of carbonyl (C=O) groups excluding carboxylic acids is 2. The van der Waals surface area contributed by atoms with Crippen molar-refractivity contribution in [3.8, 4) is 0 Å². The van der Waals surface area contributed by atoms with E-state index < -0.39 is 0 Å². The van der Waals surface area contributed by atoms with Gasteiger partial charge in [-0.3, -0.25) is 9.59 Å². The van der Waals surface area contributed by atoms with Crippen LogP contribution in [0.1, 0.15) is 36.1 Å². The molecular formula is C24H34N3O2+. The maximum Gasteiger partial charge on any atom is 0.280 e. The lowest BCUT2D eigenvalue weighted by molar-refractivity contribution is -0.886. The molecule has 0 fully saturated rings. The van der Waals surface area contributed by atoms with E-state index in [1.165, 1.54) is 5.56 Å². The Morgan fingerprint density at radius 3 is 2.21 bits per heavy atom. The van der Waals surface area contributed by atoms with Gasteiger partial charge in [-0.2, -0.15) is 0 Å². The molecule has 0 aliphatic carbocycles. The SMILES string of the molecule is CCN(Cc1ccccc1)C(=O)[C@H](C)[NH+](C)CC(=O)Nc1c(C)cc(C)cc1C. The van der Waals surface area contributed by atoms with Gasteiger partial charge in [0.15, 0.2) is 12.6 Å². The van der Waals surface area contributed by atoms with Gasteiger partial charge in [0.2, 0.25) is 0 Å². The van der Waals surface area contributed by atoms with Crippen LogP contribution in [0.3, 0.4) is 0 Å². The molecule has 5 nitrogen and oxygen atoms in total. The number of nitrogens with zero attached hydrogens (tertiary/aromatic N) is 1. The van der Waals surface area contributed by atoms with Gasteiger partial charge in [-0.15, -0.1) is 0 Å². The second-order valence-corrected chi connectivity index (χ2v) is 7.90. The molecule has 0 radical (unpaired) electrons. The van der Waals surface area contributed by atoms with Crippen molar-refractivity contribution in [2.75, 3.05) is 25.5 Å². The van der Waals surface area contributed by atoms with E-state index in [1.54, 1.807) is 0 Å². The summed E-state index contributed by atoms with van der Waals surface area (Å²) in [4.78, 5) is 28.3. The summed E-state index contributed by atoms with van der Waals surface area (Å²) in [5.41, 5.74) is 5.26. The van der Waals surface area contributed by atoms with Crippen LogP contribution < -0.4 is 10.2 Å². The minimum absolute atomic E-state index is 0.0596. The van der Waals surface area contributed by atoms with Gasteiger partial charge in [0.25, 0.3) is 11.8 Å². The molecule has 2 aromatic carbocycles. The van der Waals surface area contributed by atoms with Crippen LogP contribution in [-0.2, 0) is 16.1 Å². The van der Waals surface area contributed by atoms with Gasteiger partial charge in [0.1, 0.15) is 0 Å². The number of aryl methyl sites for hydroxylation is 3. The van der Waals surface area contributed by atoms with E-state index in [4.69, 9.17) is 0 Å². The van der Waals surface area contributed by atoms with E-state index in [0.29, 0.717) is 13.1 Å². The largest absolute Gasteiger partial charge is 0.334 e. The molecule has 29 heavy (non-hydrogen) atoms. The lowest BCUT2D eigenvalue weighted by Gasteiger charge is -2.27. The summed E-state index contributed by atoms with van der Waals surface area (Å²) in [6.07, 6.45) is 0. The minimum atomic E-state index is -0.301. The number of benzene rings is 2. The van der Waals surface area contributed by atoms with Crippen LogP contribution in [-0.4, -0.2) is 42.9 Å². The lowest BCUT2D eigenvalue weighted by Crippen LogP contribution is -3.15. The van der Waals surface area contributed by atoms with Crippen molar-refractivity contribution in [3.05, 3.63) is 64.7 Å². The Balaban J connectivity index is 1.99. The van der Waals surface area contributed by atoms with E-state index in [2.05, 4.69) is 17.4 Å². The molecule has 0 spiro atoms. The van der Waals surface area contributed by atoms with Crippen molar-refractivity contribution in [1.82, 2.24) is 4.90 Å². The van der Waals surface area contributed by atoms with Gasteiger partial charge < -0.3 is 15.1 Å². The topological polar surface area (TPSA) is 53.9 Å². The number of quaternary nitrogens is 1. The van der Waals surface area contributed by atoms with Gasteiger partial charge >= 0.3 is 0 Å². The molecule has 2 atom stereocenters. The van der Waals surface area contributed by atoms with Crippen LogP contribution in [0.25, 0.3) is 0 Å². The highest BCUT2D eigenvalue weighted by Gasteiger charge is 2.28. The molecule has 0 aliphatic heterocycles. The van der Waals surface area contributed by atoms with Crippen LogP contribution in [0.2, 0.25) is 0 Å². The molecule has 5 heteroatoms. The zero-order valence-corrected chi connectivity index (χ0v) is 18.5. The first-order chi connectivity index (χ1) is 13.7. The predicted octanol–water partition coefficient (Wildman–Crippen LogP) is 2.50. The van der Waals surface area contributed by atoms with Gasteiger partial charge in [0.05, 0.1) is 7.05 Å². The van der Waals surface area contributed by atoms with Gasteiger partial charge in [-0.1, -0.05) is 48.0 Å². The second kappa shape index (κ2) is 10.2. The Morgan fingerprint density at radius 2 is 1.66 bits per heavy atom. The third-order valence-corrected chi connectivity index (χ3v) is 5.40. The fraction of sp³-hybridized carbons (Fsp3) is 0.417. The molecule has 0 aliphatic rings. The highest BCUT2D eigenvalue weighted by molar-refractivity contribution is 5.93. The number of nitrogens with one attached hydrogen (secondary N) is 2. The molecule has 156 valence electrons. The molecular weight excluding hydrogens is 362 g/mol. The average Bonchev–Trinajstić information content (AvgIpc) is 2.68. The third kappa shape index (κ3) is 6.16. The molecule has 0 aromatic heterocycles. The number of hydrogen-bond acceptors (Lipinski definition) is 2. The van der Waals surface area contributed by atoms with Crippen molar-refractivity contribution in [2.45, 2.75) is 47.2 Å². The quantitative estimate of drug-likeness (QED) is 0.720. The van der Waals surface area contributed by atoms with Crippen LogP contribution in [0.15, 0.2) is 42.5 Å². The summed E-state index contributed by atoms with van der Waals surface area (Å²) >= 11 is 0. The van der Waals surface area contributed by atoms with E-state index in [-0.39, 0.29) is 24.4 Å². The second-order valence-electron chi connectivity index (χ2n) is 7.90. The fourth-order valence-corrected chi connectivity index (χ4v) is 3.60. The number of carbonyl (C=O) groups is 2. The van der Waals surface area contributed by atoms with Crippen LogP contribution in [0, 0.1) is 20.8 Å². The number of hydrogen-bond donors (Lipinski definition) is 2. The van der Waals surface area contributed by atoms with Gasteiger partial charge in [-0.05, 0) is 51.3 Å². The van der Waals surface area contributed by atoms with Crippen LogP contribution in [0.5, 0.6) is 0 Å². The Morgan fingerprint density at radius 1 is 1.07 bits per heavy atom. The normalized spacial score (nSPS) is 12.9. The molecule has 0 heterocycles. The maximum atomic E-state index is 13.0. The highest BCUT2D eigenvalue weighted by Crippen LogP contribution is 2.21. The Labute approximate surface area is 174 Å². The Kier molecular flexibility index (Phi) is 7.97. The van der Waals surface area contributed by atoms with Gasteiger partial charge in [-0.25, -0.2) is 0 Å². The van der Waals surface area contributed by atoms with Crippen LogP contribution >= 0.6 is 0 Å². The zero-order valence-electron chi connectivity index (χ0n) is 18.5. The van der Waals surface area contributed by atoms with Crippen molar-refractivity contribution in [1.29, 1.82) is 0 Å². The Bertz CT molecular complexity index is 825. The number of amides is 2. The summed E-state index contributed by atoms with van der Waals surface area (Å²) in [6.45, 7) is 11.4. The predicted molar refractivity (Wildman–Crippen MR) is 118 cm³/mol.